The number of fused-ring (bicyclic) bond motifs is 1. The molecule has 0 saturated carbocycles. The van der Waals surface area contributed by atoms with Gasteiger partial charge in [-0.25, -0.2) is 0 Å². The lowest BCUT2D eigenvalue weighted by Crippen LogP contribution is -2.17. The van der Waals surface area contributed by atoms with Crippen molar-refractivity contribution in [3.8, 4) is 11.5 Å². The van der Waals surface area contributed by atoms with Gasteiger partial charge in [0.2, 0.25) is 0 Å². The van der Waals surface area contributed by atoms with Crippen LogP contribution in [0, 0.1) is 0 Å². The molecule has 1 atom stereocenters. The molecule has 1 aliphatic heterocycles. The number of ether oxygens (including phenoxy) is 2. The van der Waals surface area contributed by atoms with Crippen LogP contribution in [0.2, 0.25) is 5.02 Å². The Bertz CT molecular complexity index is 647. The van der Waals surface area contributed by atoms with E-state index >= 15 is 0 Å². The summed E-state index contributed by atoms with van der Waals surface area (Å²) in [5.41, 5.74) is 1.09. The zero-order chi connectivity index (χ0) is 14.8. The fourth-order valence-corrected chi connectivity index (χ4v) is 4.20. The first-order chi connectivity index (χ1) is 10.2. The SMILES string of the molecule is CNC(c1cc2c(cc1Br)OCCCO2)c1sccc1Cl. The second kappa shape index (κ2) is 6.57. The molecule has 0 bridgehead atoms. The van der Waals surface area contributed by atoms with Crippen molar-refractivity contribution in [2.75, 3.05) is 20.3 Å². The van der Waals surface area contributed by atoms with E-state index < -0.39 is 0 Å². The van der Waals surface area contributed by atoms with E-state index in [-0.39, 0.29) is 6.04 Å². The Balaban J connectivity index is 2.04. The van der Waals surface area contributed by atoms with Gasteiger partial charge in [-0.05, 0) is 36.2 Å². The van der Waals surface area contributed by atoms with Gasteiger partial charge in [0, 0.05) is 15.8 Å². The van der Waals surface area contributed by atoms with Crippen molar-refractivity contribution in [1.82, 2.24) is 5.32 Å². The molecule has 6 heteroatoms. The average Bonchev–Trinajstić information content (AvgIpc) is 2.76. The van der Waals surface area contributed by atoms with Crippen molar-refractivity contribution in [2.45, 2.75) is 12.5 Å². The molecule has 1 N–H and O–H groups in total. The number of thiophene rings is 1. The second-order valence-electron chi connectivity index (χ2n) is 4.73. The second-order valence-corrected chi connectivity index (χ2v) is 6.93. The summed E-state index contributed by atoms with van der Waals surface area (Å²) in [5.74, 6) is 1.58. The fourth-order valence-electron chi connectivity index (χ4n) is 2.36. The van der Waals surface area contributed by atoms with E-state index in [0.717, 1.165) is 37.9 Å². The molecule has 2 heterocycles. The minimum atomic E-state index is 0.0176. The highest BCUT2D eigenvalue weighted by molar-refractivity contribution is 9.10. The molecule has 2 aromatic rings. The van der Waals surface area contributed by atoms with Gasteiger partial charge >= 0.3 is 0 Å². The van der Waals surface area contributed by atoms with Gasteiger partial charge in [-0.3, -0.25) is 0 Å². The number of rotatable bonds is 3. The van der Waals surface area contributed by atoms with Crippen LogP contribution in [0.1, 0.15) is 22.9 Å². The number of halogens is 2. The number of hydrogen-bond donors (Lipinski definition) is 1. The van der Waals surface area contributed by atoms with Crippen LogP contribution in [0.3, 0.4) is 0 Å². The third-order valence-electron chi connectivity index (χ3n) is 3.37. The highest BCUT2D eigenvalue weighted by Gasteiger charge is 2.22. The van der Waals surface area contributed by atoms with E-state index in [9.17, 15) is 0 Å². The van der Waals surface area contributed by atoms with Crippen LogP contribution in [-0.2, 0) is 0 Å². The Morgan fingerprint density at radius 3 is 2.62 bits per heavy atom. The number of hydrogen-bond acceptors (Lipinski definition) is 4. The molecule has 0 amide bonds. The van der Waals surface area contributed by atoms with Gasteiger partial charge in [0.15, 0.2) is 11.5 Å². The zero-order valence-corrected chi connectivity index (χ0v) is 14.6. The summed E-state index contributed by atoms with van der Waals surface area (Å²) < 4.78 is 12.5. The topological polar surface area (TPSA) is 30.5 Å². The minimum absolute atomic E-state index is 0.0176. The van der Waals surface area contributed by atoms with Crippen LogP contribution < -0.4 is 14.8 Å². The van der Waals surface area contributed by atoms with E-state index in [0.29, 0.717) is 13.2 Å². The third kappa shape index (κ3) is 3.06. The highest BCUT2D eigenvalue weighted by atomic mass is 79.9. The molecule has 21 heavy (non-hydrogen) atoms. The summed E-state index contributed by atoms with van der Waals surface area (Å²) in [6, 6.07) is 5.94. The summed E-state index contributed by atoms with van der Waals surface area (Å²) in [6.45, 7) is 1.36. The lowest BCUT2D eigenvalue weighted by Gasteiger charge is -2.19. The number of nitrogens with one attached hydrogen (secondary N) is 1. The van der Waals surface area contributed by atoms with Crippen LogP contribution in [0.15, 0.2) is 28.1 Å². The van der Waals surface area contributed by atoms with Crippen molar-refractivity contribution >= 4 is 38.9 Å². The van der Waals surface area contributed by atoms with Crippen LogP contribution in [0.5, 0.6) is 11.5 Å². The lowest BCUT2D eigenvalue weighted by molar-refractivity contribution is 0.297. The number of benzene rings is 1. The van der Waals surface area contributed by atoms with Gasteiger partial charge in [0.25, 0.3) is 0 Å². The maximum absolute atomic E-state index is 6.28. The van der Waals surface area contributed by atoms with E-state index in [1.165, 1.54) is 0 Å². The van der Waals surface area contributed by atoms with E-state index in [2.05, 4.69) is 21.2 Å². The largest absolute Gasteiger partial charge is 0.490 e. The Morgan fingerprint density at radius 2 is 2.00 bits per heavy atom. The maximum Gasteiger partial charge on any atom is 0.162 e. The standard InChI is InChI=1S/C15H15BrClNO2S/c1-18-14(15-11(17)3-6-21-15)9-7-12-13(8-10(9)16)20-5-2-4-19-12/h3,6-8,14,18H,2,4-5H2,1H3. The van der Waals surface area contributed by atoms with E-state index in [4.69, 9.17) is 21.1 Å². The van der Waals surface area contributed by atoms with Gasteiger partial charge in [0.1, 0.15) is 0 Å². The molecular weight excluding hydrogens is 374 g/mol. The molecule has 0 saturated heterocycles. The maximum atomic E-state index is 6.28. The van der Waals surface area contributed by atoms with Crippen LogP contribution in [0.25, 0.3) is 0 Å². The normalized spacial score (nSPS) is 15.6. The Kier molecular flexibility index (Phi) is 4.74. The Hall–Kier alpha value is -0.750. The lowest BCUT2D eigenvalue weighted by atomic mass is 10.0. The monoisotopic (exact) mass is 387 g/mol. The van der Waals surface area contributed by atoms with Crippen LogP contribution in [-0.4, -0.2) is 20.3 Å². The molecule has 112 valence electrons. The zero-order valence-electron chi connectivity index (χ0n) is 11.5. The predicted molar refractivity (Wildman–Crippen MR) is 90.0 cm³/mol. The van der Waals surface area contributed by atoms with Crippen molar-refractivity contribution < 1.29 is 9.47 Å². The Morgan fingerprint density at radius 1 is 1.29 bits per heavy atom. The quantitative estimate of drug-likeness (QED) is 0.831. The molecule has 1 aromatic carbocycles. The fraction of sp³-hybridized carbons (Fsp3) is 0.333. The van der Waals surface area contributed by atoms with Crippen molar-refractivity contribution in [1.29, 1.82) is 0 Å². The molecule has 0 fully saturated rings. The van der Waals surface area contributed by atoms with Crippen molar-refractivity contribution in [3.05, 3.63) is 43.5 Å². The molecule has 1 aromatic heterocycles. The molecule has 3 rings (SSSR count). The molecule has 0 radical (unpaired) electrons. The molecule has 0 aliphatic carbocycles. The van der Waals surface area contributed by atoms with Gasteiger partial charge in [-0.1, -0.05) is 27.5 Å². The summed E-state index contributed by atoms with van der Waals surface area (Å²) in [7, 11) is 1.93. The summed E-state index contributed by atoms with van der Waals surface area (Å²) in [5, 5.41) is 6.10. The highest BCUT2D eigenvalue weighted by Crippen LogP contribution is 2.41. The first-order valence-electron chi connectivity index (χ1n) is 6.70. The first-order valence-corrected chi connectivity index (χ1v) is 8.75. The van der Waals surface area contributed by atoms with E-state index in [1.807, 2.05) is 30.6 Å². The average molecular weight is 389 g/mol. The molecule has 3 nitrogen and oxygen atoms in total. The predicted octanol–water partition coefficient (Wildman–Crippen LogP) is 4.63. The van der Waals surface area contributed by atoms with Gasteiger partial charge in [-0.2, -0.15) is 0 Å². The van der Waals surface area contributed by atoms with Crippen molar-refractivity contribution in [2.24, 2.45) is 0 Å². The van der Waals surface area contributed by atoms with Crippen molar-refractivity contribution in [3.63, 3.8) is 0 Å². The summed E-state index contributed by atoms with van der Waals surface area (Å²) in [6.07, 6.45) is 0.897. The van der Waals surface area contributed by atoms with E-state index in [1.54, 1.807) is 11.3 Å². The third-order valence-corrected chi connectivity index (χ3v) is 5.48. The molecule has 1 unspecified atom stereocenters. The Labute approximate surface area is 141 Å². The summed E-state index contributed by atoms with van der Waals surface area (Å²) >= 11 is 11.6. The van der Waals surface area contributed by atoms with Gasteiger partial charge in [0.05, 0.1) is 24.3 Å². The molecular formula is C15H15BrClNO2S. The molecule has 1 aliphatic rings. The molecule has 0 spiro atoms. The summed E-state index contributed by atoms with van der Waals surface area (Å²) in [4.78, 5) is 1.09. The van der Waals surface area contributed by atoms with Crippen LogP contribution >= 0.6 is 38.9 Å². The van der Waals surface area contributed by atoms with Gasteiger partial charge < -0.3 is 14.8 Å². The van der Waals surface area contributed by atoms with Crippen LogP contribution in [0.4, 0.5) is 0 Å². The first kappa shape index (κ1) is 15.2. The smallest absolute Gasteiger partial charge is 0.162 e. The van der Waals surface area contributed by atoms with Gasteiger partial charge in [-0.15, -0.1) is 11.3 Å². The minimum Gasteiger partial charge on any atom is -0.490 e.